The van der Waals surface area contributed by atoms with E-state index < -0.39 is 15.3 Å². The molecule has 2 heterocycles. The van der Waals surface area contributed by atoms with E-state index in [1.165, 1.54) is 59.7 Å². The number of aromatic nitrogens is 2. The van der Waals surface area contributed by atoms with Crippen molar-refractivity contribution in [1.82, 2.24) is 8.97 Å². The first-order chi connectivity index (χ1) is 19.7. The van der Waals surface area contributed by atoms with E-state index in [0.717, 1.165) is 4.89 Å². The molecule has 5 aromatic rings. The van der Waals surface area contributed by atoms with Crippen LogP contribution in [0.2, 0.25) is 4.89 Å². The fourth-order valence-electron chi connectivity index (χ4n) is 5.85. The second-order valence-electron chi connectivity index (χ2n) is 11.5. The van der Waals surface area contributed by atoms with Crippen LogP contribution in [-0.2, 0) is 15.3 Å². The number of hydrogen-bond donors (Lipinski definition) is 0. The molecule has 0 amide bonds. The van der Waals surface area contributed by atoms with Gasteiger partial charge < -0.3 is 0 Å². The molecule has 0 aliphatic rings. The average molecular weight is 656 g/mol. The first-order valence-electron chi connectivity index (χ1n) is 14.4. The molecule has 0 atom stereocenters. The Balaban J connectivity index is 1.88. The molecule has 218 valence electrons. The summed E-state index contributed by atoms with van der Waals surface area (Å²) < 4.78 is 6.11. The monoisotopic (exact) mass is 654 g/mol. The van der Waals surface area contributed by atoms with Crippen LogP contribution in [0.1, 0.15) is 72.9 Å². The van der Waals surface area contributed by atoms with Gasteiger partial charge in [-0.1, -0.05) is 0 Å². The molecule has 0 aliphatic heterocycles. The summed E-state index contributed by atoms with van der Waals surface area (Å²) in [7, 11) is 7.60. The third kappa shape index (κ3) is 6.00. The molecule has 0 saturated heterocycles. The third-order valence-corrected chi connectivity index (χ3v) is 11.2. The Hall–Kier alpha value is -2.96. The summed E-state index contributed by atoms with van der Waals surface area (Å²) in [6, 6.07) is 28.5. The Morgan fingerprint density at radius 2 is 1.39 bits per heavy atom. The number of benzene rings is 3. The topological polar surface area (TPSA) is 9.34 Å². The molecule has 0 spiro atoms. The second-order valence-corrected chi connectivity index (χ2v) is 15.8. The van der Waals surface area contributed by atoms with E-state index in [9.17, 15) is 0 Å². The fourth-order valence-corrected chi connectivity index (χ4v) is 9.07. The van der Waals surface area contributed by atoms with Crippen LogP contribution >= 0.6 is 9.53 Å². The van der Waals surface area contributed by atoms with Crippen molar-refractivity contribution >= 4 is 21.1 Å². The SMILES string of the molecule is Cc1cc(C)c(-c2cccc3cn(-c4c(C(C)C)cccc4C(C)C)[c](=[Pd-2]([Cl])[CH2]C=Cc4ccccc4)n23)c(C)c1. The van der Waals surface area contributed by atoms with E-state index in [0.29, 0.717) is 11.8 Å². The predicted molar refractivity (Wildman–Crippen MR) is 174 cm³/mol. The van der Waals surface area contributed by atoms with Crippen LogP contribution in [-0.4, -0.2) is 8.97 Å². The van der Waals surface area contributed by atoms with Crippen LogP contribution in [0.25, 0.3) is 28.5 Å². The van der Waals surface area contributed by atoms with Crippen molar-refractivity contribution in [3.05, 3.63) is 128 Å². The molecule has 0 radical (unpaired) electrons. The number of aryl methyl sites for hydroxylation is 3. The summed E-state index contributed by atoms with van der Waals surface area (Å²) in [5.74, 6) is 0.776. The van der Waals surface area contributed by atoms with E-state index in [2.05, 4.69) is 155 Å². The maximum atomic E-state index is 7.60. The third-order valence-electron chi connectivity index (χ3n) is 7.60. The van der Waals surface area contributed by atoms with Crippen molar-refractivity contribution in [3.63, 3.8) is 0 Å². The van der Waals surface area contributed by atoms with Crippen molar-refractivity contribution in [3.8, 4) is 16.9 Å². The molecule has 4 heteroatoms. The first kappa shape index (κ1) is 29.5. The predicted octanol–water partition coefficient (Wildman–Crippen LogP) is 11.0. The Morgan fingerprint density at radius 3 is 2.00 bits per heavy atom. The van der Waals surface area contributed by atoms with E-state index in [1.807, 2.05) is 0 Å². The Kier molecular flexibility index (Phi) is 9.00. The Bertz CT molecular complexity index is 1750. The summed E-state index contributed by atoms with van der Waals surface area (Å²) in [4.78, 5) is 0.829. The molecule has 2 nitrogen and oxygen atoms in total. The molecular formula is C37H41ClN2Pd-2. The van der Waals surface area contributed by atoms with Gasteiger partial charge in [-0.3, -0.25) is 0 Å². The van der Waals surface area contributed by atoms with Crippen molar-refractivity contribution in [1.29, 1.82) is 0 Å². The van der Waals surface area contributed by atoms with Crippen LogP contribution < -0.4 is 0 Å². The fraction of sp³-hybridized carbons (Fsp3) is 0.270. The van der Waals surface area contributed by atoms with E-state index in [-0.39, 0.29) is 0 Å². The number of imidazole rings is 1. The van der Waals surface area contributed by atoms with Crippen LogP contribution in [0.4, 0.5) is 0 Å². The Morgan fingerprint density at radius 1 is 0.780 bits per heavy atom. The number of hydrogen-bond acceptors (Lipinski definition) is 0. The number of fused-ring (bicyclic) bond motifs is 1. The molecule has 0 unspecified atom stereocenters. The van der Waals surface area contributed by atoms with Crippen LogP contribution in [0.3, 0.4) is 0 Å². The number of halogens is 1. The van der Waals surface area contributed by atoms with Gasteiger partial charge in [0.2, 0.25) is 0 Å². The summed E-state index contributed by atoms with van der Waals surface area (Å²) in [5, 5.41) is 0. The van der Waals surface area contributed by atoms with Gasteiger partial charge in [0.1, 0.15) is 0 Å². The normalized spacial score (nSPS) is 13.6. The van der Waals surface area contributed by atoms with Gasteiger partial charge in [-0.05, 0) is 0 Å². The minimum atomic E-state index is -1.72. The molecule has 0 N–H and O–H groups in total. The number of para-hydroxylation sites is 1. The Labute approximate surface area is 254 Å². The van der Waals surface area contributed by atoms with Gasteiger partial charge in [0.05, 0.1) is 0 Å². The molecule has 0 bridgehead atoms. The average Bonchev–Trinajstić information content (AvgIpc) is 3.33. The molecular weight excluding hydrogens is 614 g/mol. The summed E-state index contributed by atoms with van der Waals surface area (Å²) in [5.41, 5.74) is 12.8. The number of nitrogens with zero attached hydrogens (tertiary/aromatic N) is 2. The molecule has 2 aromatic heterocycles. The number of rotatable bonds is 7. The van der Waals surface area contributed by atoms with Crippen molar-refractivity contribution < 1.29 is 15.3 Å². The molecule has 0 aliphatic carbocycles. The van der Waals surface area contributed by atoms with Crippen LogP contribution in [0.5, 0.6) is 0 Å². The molecule has 0 saturated carbocycles. The van der Waals surface area contributed by atoms with E-state index in [1.54, 1.807) is 0 Å². The molecule has 0 fully saturated rings. The number of pyridine rings is 1. The van der Waals surface area contributed by atoms with Crippen LogP contribution in [0.15, 0.2) is 91.1 Å². The molecule has 5 rings (SSSR count). The van der Waals surface area contributed by atoms with Crippen molar-refractivity contribution in [2.45, 2.75) is 65.2 Å². The van der Waals surface area contributed by atoms with Crippen molar-refractivity contribution in [2.75, 3.05) is 0 Å². The zero-order chi connectivity index (χ0) is 29.3. The summed E-state index contributed by atoms with van der Waals surface area (Å²) in [6.45, 7) is 15.8. The van der Waals surface area contributed by atoms with Gasteiger partial charge in [0.25, 0.3) is 0 Å². The minimum absolute atomic E-state index is 0.388. The first-order valence-corrected chi connectivity index (χ1v) is 18.3. The molecule has 41 heavy (non-hydrogen) atoms. The van der Waals surface area contributed by atoms with Gasteiger partial charge >= 0.3 is 256 Å². The zero-order valence-electron chi connectivity index (χ0n) is 25.2. The van der Waals surface area contributed by atoms with E-state index >= 15 is 0 Å². The quantitative estimate of drug-likeness (QED) is 0.154. The number of allylic oxidation sites excluding steroid dienone is 1. The maximum absolute atomic E-state index is 7.60. The molecule has 3 aromatic carbocycles. The van der Waals surface area contributed by atoms with Crippen molar-refractivity contribution in [2.24, 2.45) is 0 Å². The van der Waals surface area contributed by atoms with Gasteiger partial charge in [-0.25, -0.2) is 0 Å². The van der Waals surface area contributed by atoms with Gasteiger partial charge in [-0.15, -0.1) is 0 Å². The van der Waals surface area contributed by atoms with Crippen LogP contribution in [0, 0.1) is 24.7 Å². The second kappa shape index (κ2) is 12.5. The van der Waals surface area contributed by atoms with Gasteiger partial charge in [0.15, 0.2) is 0 Å². The zero-order valence-corrected chi connectivity index (χ0v) is 27.5. The van der Waals surface area contributed by atoms with E-state index in [4.69, 9.17) is 9.53 Å². The van der Waals surface area contributed by atoms with Gasteiger partial charge in [-0.2, -0.15) is 0 Å². The van der Waals surface area contributed by atoms with Gasteiger partial charge in [0, 0.05) is 0 Å². The summed E-state index contributed by atoms with van der Waals surface area (Å²) >= 11 is -1.72. The summed E-state index contributed by atoms with van der Waals surface area (Å²) in [6.07, 6.45) is 6.78. The standard InChI is InChI=1S/C28H32N2.C9H9.ClH.Pd/c1-18(2)24-11-9-12-25(19(3)4)28(24)29-16-23-10-8-13-26(30(23)17-29)27-21(6)14-20(5)15-22(27)7;1-2-6-9-7-4-3-5-8-9;;/h8-16,18-19H,1-7H3;2-8H,1H2;1H;/q;;;-1/p-1.